The Hall–Kier alpha value is -1.26. The number of anilines is 1. The minimum absolute atomic E-state index is 0.289. The topological polar surface area (TPSA) is 58.7 Å². The third-order valence-electron chi connectivity index (χ3n) is 3.26. The molecule has 1 unspecified atom stereocenters. The molecular weight excluding hydrogens is 228 g/mol. The Morgan fingerprint density at radius 1 is 1.44 bits per heavy atom. The van der Waals surface area contributed by atoms with Crippen molar-refractivity contribution in [1.82, 2.24) is 4.90 Å². The van der Waals surface area contributed by atoms with Gasteiger partial charge >= 0.3 is 0 Å². The molecule has 0 spiro atoms. The molecule has 4 heteroatoms. The van der Waals surface area contributed by atoms with E-state index >= 15 is 0 Å². The number of rotatable bonds is 7. The van der Waals surface area contributed by atoms with E-state index in [1.807, 2.05) is 18.2 Å². The highest BCUT2D eigenvalue weighted by molar-refractivity contribution is 5.51. The van der Waals surface area contributed by atoms with Gasteiger partial charge in [-0.1, -0.05) is 19.1 Å². The van der Waals surface area contributed by atoms with Crippen molar-refractivity contribution in [3.8, 4) is 5.75 Å². The van der Waals surface area contributed by atoms with Gasteiger partial charge in [0.05, 0.1) is 5.69 Å². The molecule has 1 aromatic carbocycles. The summed E-state index contributed by atoms with van der Waals surface area (Å²) in [7, 11) is 0. The summed E-state index contributed by atoms with van der Waals surface area (Å²) in [4.78, 5) is 2.31. The Balaban J connectivity index is 1.77. The molecule has 0 aliphatic heterocycles. The first kappa shape index (κ1) is 13.2. The summed E-state index contributed by atoms with van der Waals surface area (Å²) in [6.45, 7) is 4.07. The molecule has 1 aliphatic carbocycles. The molecule has 1 atom stereocenters. The maximum Gasteiger partial charge on any atom is 0.142 e. The van der Waals surface area contributed by atoms with Crippen LogP contribution in [0.5, 0.6) is 5.75 Å². The monoisotopic (exact) mass is 250 g/mol. The van der Waals surface area contributed by atoms with Crippen LogP contribution in [-0.4, -0.2) is 41.8 Å². The van der Waals surface area contributed by atoms with Crippen LogP contribution in [0, 0.1) is 0 Å². The van der Waals surface area contributed by atoms with E-state index in [1.165, 1.54) is 12.8 Å². The summed E-state index contributed by atoms with van der Waals surface area (Å²) in [5.41, 5.74) is 6.39. The van der Waals surface area contributed by atoms with Crippen molar-refractivity contribution in [2.75, 3.05) is 25.4 Å². The van der Waals surface area contributed by atoms with E-state index in [0.29, 0.717) is 24.0 Å². The number of aliphatic hydroxyl groups is 1. The van der Waals surface area contributed by atoms with Gasteiger partial charge in [0, 0.05) is 12.6 Å². The van der Waals surface area contributed by atoms with Crippen LogP contribution >= 0.6 is 0 Å². The predicted octanol–water partition coefficient (Wildman–Crippen LogP) is 1.49. The van der Waals surface area contributed by atoms with E-state index in [0.717, 1.165) is 6.54 Å². The summed E-state index contributed by atoms with van der Waals surface area (Å²) in [6, 6.07) is 8.03. The summed E-state index contributed by atoms with van der Waals surface area (Å²) in [5.74, 6) is 0.644. The largest absolute Gasteiger partial charge is 0.489 e. The Bertz CT molecular complexity index is 380. The van der Waals surface area contributed by atoms with Gasteiger partial charge in [-0.05, 0) is 31.5 Å². The first-order chi connectivity index (χ1) is 8.70. The van der Waals surface area contributed by atoms with Crippen molar-refractivity contribution in [2.24, 2.45) is 0 Å². The maximum absolute atomic E-state index is 9.97. The van der Waals surface area contributed by atoms with Gasteiger partial charge < -0.3 is 15.6 Å². The quantitative estimate of drug-likeness (QED) is 0.720. The van der Waals surface area contributed by atoms with Crippen LogP contribution in [0.3, 0.4) is 0 Å². The van der Waals surface area contributed by atoms with Crippen LogP contribution < -0.4 is 10.5 Å². The zero-order valence-corrected chi connectivity index (χ0v) is 10.9. The molecule has 1 saturated carbocycles. The third-order valence-corrected chi connectivity index (χ3v) is 3.26. The Morgan fingerprint density at radius 2 is 2.17 bits per heavy atom. The Kier molecular flexibility index (Phi) is 4.44. The second kappa shape index (κ2) is 6.07. The molecule has 2 rings (SSSR count). The lowest BCUT2D eigenvalue weighted by Gasteiger charge is -2.23. The standard InChI is InChI=1S/C14H22N2O2/c1-2-16(11-7-8-11)9-12(17)10-18-14-6-4-3-5-13(14)15/h3-6,11-12,17H,2,7-10,15H2,1H3. The zero-order valence-electron chi connectivity index (χ0n) is 10.9. The molecular formula is C14H22N2O2. The highest BCUT2D eigenvalue weighted by Gasteiger charge is 2.29. The van der Waals surface area contributed by atoms with Crippen LogP contribution in [0.15, 0.2) is 24.3 Å². The van der Waals surface area contributed by atoms with E-state index in [4.69, 9.17) is 10.5 Å². The average Bonchev–Trinajstić information content (AvgIpc) is 3.19. The van der Waals surface area contributed by atoms with Crippen LogP contribution in [0.4, 0.5) is 5.69 Å². The molecule has 0 bridgehead atoms. The summed E-state index contributed by atoms with van der Waals surface area (Å²) < 4.78 is 5.54. The van der Waals surface area contributed by atoms with Crippen LogP contribution in [0.25, 0.3) is 0 Å². The third kappa shape index (κ3) is 3.62. The highest BCUT2D eigenvalue weighted by Crippen LogP contribution is 2.26. The van der Waals surface area contributed by atoms with E-state index in [9.17, 15) is 5.11 Å². The van der Waals surface area contributed by atoms with Crippen molar-refractivity contribution in [3.05, 3.63) is 24.3 Å². The summed E-state index contributed by atoms with van der Waals surface area (Å²) in [6.07, 6.45) is 2.05. The van der Waals surface area contributed by atoms with Crippen molar-refractivity contribution >= 4 is 5.69 Å². The Labute approximate surface area is 108 Å². The minimum atomic E-state index is -0.467. The van der Waals surface area contributed by atoms with Gasteiger partial charge in [0.2, 0.25) is 0 Å². The minimum Gasteiger partial charge on any atom is -0.489 e. The molecule has 0 radical (unpaired) electrons. The summed E-state index contributed by atoms with van der Waals surface area (Å²) >= 11 is 0. The number of para-hydroxylation sites is 2. The van der Waals surface area contributed by atoms with Crippen molar-refractivity contribution < 1.29 is 9.84 Å². The molecule has 0 saturated heterocycles. The molecule has 3 N–H and O–H groups in total. The molecule has 4 nitrogen and oxygen atoms in total. The lowest BCUT2D eigenvalue weighted by molar-refractivity contribution is 0.0675. The van der Waals surface area contributed by atoms with Gasteiger partial charge in [0.1, 0.15) is 18.5 Å². The Morgan fingerprint density at radius 3 is 2.78 bits per heavy atom. The van der Waals surface area contributed by atoms with Gasteiger partial charge in [-0.15, -0.1) is 0 Å². The number of nitrogens with two attached hydrogens (primary N) is 1. The van der Waals surface area contributed by atoms with E-state index in [-0.39, 0.29) is 6.61 Å². The second-order valence-corrected chi connectivity index (χ2v) is 4.82. The number of nitrogens with zero attached hydrogens (tertiary/aromatic N) is 1. The van der Waals surface area contributed by atoms with Gasteiger partial charge in [0.15, 0.2) is 0 Å². The SMILES string of the molecule is CCN(CC(O)COc1ccccc1N)C1CC1. The first-order valence-electron chi connectivity index (χ1n) is 6.60. The number of hydrogen-bond acceptors (Lipinski definition) is 4. The molecule has 0 aromatic heterocycles. The fourth-order valence-corrected chi connectivity index (χ4v) is 2.10. The fraction of sp³-hybridized carbons (Fsp3) is 0.571. The lowest BCUT2D eigenvalue weighted by Crippen LogP contribution is -2.37. The van der Waals surface area contributed by atoms with Gasteiger partial charge in [-0.2, -0.15) is 0 Å². The van der Waals surface area contributed by atoms with E-state index in [2.05, 4.69) is 11.8 Å². The number of benzene rings is 1. The molecule has 1 fully saturated rings. The molecule has 0 amide bonds. The highest BCUT2D eigenvalue weighted by atomic mass is 16.5. The van der Waals surface area contributed by atoms with Crippen molar-refractivity contribution in [3.63, 3.8) is 0 Å². The zero-order chi connectivity index (χ0) is 13.0. The summed E-state index contributed by atoms with van der Waals surface area (Å²) in [5, 5.41) is 9.97. The van der Waals surface area contributed by atoms with Gasteiger partial charge in [-0.3, -0.25) is 4.90 Å². The maximum atomic E-state index is 9.97. The lowest BCUT2D eigenvalue weighted by atomic mass is 10.3. The number of likely N-dealkylation sites (N-methyl/N-ethyl adjacent to an activating group) is 1. The molecule has 1 aromatic rings. The van der Waals surface area contributed by atoms with Gasteiger partial charge in [0.25, 0.3) is 0 Å². The number of ether oxygens (including phenoxy) is 1. The van der Waals surface area contributed by atoms with E-state index in [1.54, 1.807) is 6.07 Å². The normalized spacial score (nSPS) is 16.8. The van der Waals surface area contributed by atoms with E-state index < -0.39 is 6.10 Å². The smallest absolute Gasteiger partial charge is 0.142 e. The second-order valence-electron chi connectivity index (χ2n) is 4.82. The fourth-order valence-electron chi connectivity index (χ4n) is 2.10. The van der Waals surface area contributed by atoms with Gasteiger partial charge in [-0.25, -0.2) is 0 Å². The average molecular weight is 250 g/mol. The van der Waals surface area contributed by atoms with Crippen LogP contribution in [0.2, 0.25) is 0 Å². The number of hydrogen-bond donors (Lipinski definition) is 2. The van der Waals surface area contributed by atoms with Crippen LogP contribution in [0.1, 0.15) is 19.8 Å². The molecule has 1 aliphatic rings. The molecule has 0 heterocycles. The predicted molar refractivity (Wildman–Crippen MR) is 72.6 cm³/mol. The van der Waals surface area contributed by atoms with Crippen LogP contribution in [-0.2, 0) is 0 Å². The first-order valence-corrected chi connectivity index (χ1v) is 6.60. The van der Waals surface area contributed by atoms with Crippen molar-refractivity contribution in [2.45, 2.75) is 31.9 Å². The number of nitrogen functional groups attached to an aromatic ring is 1. The molecule has 100 valence electrons. The number of aliphatic hydroxyl groups excluding tert-OH is 1. The van der Waals surface area contributed by atoms with Crippen molar-refractivity contribution in [1.29, 1.82) is 0 Å². The molecule has 18 heavy (non-hydrogen) atoms.